The summed E-state index contributed by atoms with van der Waals surface area (Å²) in [6, 6.07) is 99.5. The van der Waals surface area contributed by atoms with Crippen LogP contribution in [0.1, 0.15) is 5.56 Å². The largest absolute Gasteiger partial charge is 0.306 e. The van der Waals surface area contributed by atoms with Gasteiger partial charge in [0.15, 0.2) is 0 Å². The number of fused-ring (bicyclic) bond motifs is 15. The molecule has 12 aromatic carbocycles. The van der Waals surface area contributed by atoms with E-state index in [9.17, 15) is 5.26 Å². The van der Waals surface area contributed by atoms with Gasteiger partial charge in [-0.2, -0.15) is 5.26 Å². The zero-order chi connectivity index (χ0) is 51.9. The highest BCUT2D eigenvalue weighted by Gasteiger charge is 2.36. The number of nitriles is 1. The molecule has 0 saturated heterocycles. The highest BCUT2D eigenvalue weighted by atomic mass is 15.2. The molecule has 0 atom stereocenters. The molecular weight excluding hydrogens is 961 g/mol. The predicted molar refractivity (Wildman–Crippen MR) is 328 cm³/mol. The summed E-state index contributed by atoms with van der Waals surface area (Å²) in [6.07, 6.45) is 0. The third kappa shape index (κ3) is 5.93. The van der Waals surface area contributed by atoms with E-state index in [1.165, 1.54) is 0 Å². The summed E-state index contributed by atoms with van der Waals surface area (Å²) >= 11 is 0. The van der Waals surface area contributed by atoms with Gasteiger partial charge in [-0.3, -0.25) is 0 Å². The number of para-hydroxylation sites is 9. The second-order valence-corrected chi connectivity index (χ2v) is 20.7. The summed E-state index contributed by atoms with van der Waals surface area (Å²) in [6.45, 7) is 0. The molecule has 0 radical (unpaired) electrons. The molecule has 0 bridgehead atoms. The van der Waals surface area contributed by atoms with E-state index in [1.807, 2.05) is 0 Å². The SMILES string of the molecule is N#Cc1c(-n2c3ccccc3c3ccccc32)c(-n2c3ccccc3c3ccccc32)c(-n2c3ccccc3c3ccccc32)c(-n2c3ccccc3c3cc(-c4ccccc4)ccc32)c1-n1c2ccccc2c2ccccc21. The molecule has 0 N–H and O–H groups in total. The lowest BCUT2D eigenvalue weighted by molar-refractivity contribution is 0.992. The maximum absolute atomic E-state index is 13.0. The topological polar surface area (TPSA) is 48.4 Å². The monoisotopic (exact) mass is 1000 g/mol. The van der Waals surface area contributed by atoms with E-state index in [4.69, 9.17) is 0 Å². The number of hydrogen-bond acceptors (Lipinski definition) is 1. The van der Waals surface area contributed by atoms with E-state index in [0.717, 1.165) is 149 Å². The van der Waals surface area contributed by atoms with Crippen LogP contribution < -0.4 is 0 Å². The van der Waals surface area contributed by atoms with Crippen molar-refractivity contribution < 1.29 is 0 Å². The average Bonchev–Trinajstić information content (AvgIpc) is 3.45. The molecule has 0 saturated carbocycles. The van der Waals surface area contributed by atoms with Gasteiger partial charge in [0.1, 0.15) is 11.6 Å². The van der Waals surface area contributed by atoms with Crippen LogP contribution in [0.3, 0.4) is 0 Å². The smallest absolute Gasteiger partial charge is 0.105 e. The van der Waals surface area contributed by atoms with Crippen LogP contribution in [0.15, 0.2) is 267 Å². The van der Waals surface area contributed by atoms with Crippen molar-refractivity contribution in [1.82, 2.24) is 22.8 Å². The van der Waals surface area contributed by atoms with Crippen LogP contribution in [0.4, 0.5) is 0 Å². The van der Waals surface area contributed by atoms with Crippen LogP contribution >= 0.6 is 0 Å². The first kappa shape index (κ1) is 43.4. The van der Waals surface area contributed by atoms with E-state index >= 15 is 0 Å². The Bertz CT molecular complexity index is 5240. The lowest BCUT2D eigenvalue weighted by Gasteiger charge is -2.30. The summed E-state index contributed by atoms with van der Waals surface area (Å²) in [5, 5.41) is 24.2. The normalized spacial score (nSPS) is 12.0. The van der Waals surface area contributed by atoms with E-state index in [0.29, 0.717) is 5.56 Å². The number of rotatable bonds is 6. The third-order valence-electron chi connectivity index (χ3n) is 16.7. The molecule has 0 spiro atoms. The fourth-order valence-electron chi connectivity index (χ4n) is 13.5. The molecule has 5 heterocycles. The Morgan fingerprint density at radius 1 is 0.203 bits per heavy atom. The van der Waals surface area contributed by atoms with E-state index < -0.39 is 0 Å². The number of nitrogens with zero attached hydrogens (tertiary/aromatic N) is 6. The van der Waals surface area contributed by atoms with Crippen LogP contribution in [0.25, 0.3) is 149 Å². The van der Waals surface area contributed by atoms with Crippen molar-refractivity contribution in [2.45, 2.75) is 0 Å². The highest BCUT2D eigenvalue weighted by molar-refractivity contribution is 6.18. The molecular formula is C73H44N6. The van der Waals surface area contributed by atoms with Gasteiger partial charge in [0.2, 0.25) is 0 Å². The van der Waals surface area contributed by atoms with Crippen molar-refractivity contribution >= 4 is 109 Å². The fourth-order valence-corrected chi connectivity index (χ4v) is 13.5. The third-order valence-corrected chi connectivity index (χ3v) is 16.7. The Balaban J connectivity index is 1.24. The molecule has 0 aliphatic rings. The van der Waals surface area contributed by atoms with Gasteiger partial charge in [0.05, 0.1) is 83.6 Å². The second-order valence-electron chi connectivity index (χ2n) is 20.7. The molecule has 17 aromatic rings. The first-order chi connectivity index (χ1) is 39.2. The molecule has 0 amide bonds. The van der Waals surface area contributed by atoms with Crippen LogP contribution in [-0.4, -0.2) is 22.8 Å². The molecule has 0 aliphatic heterocycles. The standard InChI is InChI=1S/C73H44N6/c74-45-58-69(75-59-33-13-4-24-48(59)49-25-5-14-34-60(49)75)71(77-63-37-17-8-28-52(63)53-29-9-18-38-64(53)77)73(78-65-39-19-10-30-54(65)55-31-11-20-40-66(55)78)72(70(58)76-61-35-15-6-26-50(61)51-27-7-16-36-62(51)76)79-67-41-21-12-32-56(67)57-44-47(42-43-68(57)79)46-22-2-1-3-23-46/h1-44H. The van der Waals surface area contributed by atoms with Gasteiger partial charge >= 0.3 is 0 Å². The Morgan fingerprint density at radius 3 is 0.722 bits per heavy atom. The zero-order valence-corrected chi connectivity index (χ0v) is 42.6. The van der Waals surface area contributed by atoms with Gasteiger partial charge in [-0.05, 0) is 77.9 Å². The summed E-state index contributed by atoms with van der Waals surface area (Å²) in [7, 11) is 0. The van der Waals surface area contributed by atoms with Crippen molar-refractivity contribution in [1.29, 1.82) is 5.26 Å². The molecule has 5 aromatic heterocycles. The van der Waals surface area contributed by atoms with Crippen molar-refractivity contribution in [3.8, 4) is 45.6 Å². The van der Waals surface area contributed by atoms with E-state index in [1.54, 1.807) is 0 Å². The van der Waals surface area contributed by atoms with Crippen LogP contribution in [0, 0.1) is 11.3 Å². The zero-order valence-electron chi connectivity index (χ0n) is 42.6. The van der Waals surface area contributed by atoms with Gasteiger partial charge in [-0.1, -0.05) is 200 Å². The first-order valence-corrected chi connectivity index (χ1v) is 26.9. The minimum absolute atomic E-state index is 0.529. The van der Waals surface area contributed by atoms with Crippen molar-refractivity contribution in [3.63, 3.8) is 0 Å². The molecule has 79 heavy (non-hydrogen) atoms. The molecule has 6 nitrogen and oxygen atoms in total. The van der Waals surface area contributed by atoms with E-state index in [-0.39, 0.29) is 0 Å². The van der Waals surface area contributed by atoms with Gasteiger partial charge in [0.25, 0.3) is 0 Å². The van der Waals surface area contributed by atoms with Gasteiger partial charge in [-0.15, -0.1) is 0 Å². The summed E-state index contributed by atoms with van der Waals surface area (Å²) in [5.74, 6) is 0. The van der Waals surface area contributed by atoms with Crippen LogP contribution in [-0.2, 0) is 0 Å². The lowest BCUT2D eigenvalue weighted by atomic mass is 10.0. The minimum Gasteiger partial charge on any atom is -0.306 e. The number of hydrogen-bond donors (Lipinski definition) is 0. The minimum atomic E-state index is 0.529. The second kappa shape index (κ2) is 16.6. The maximum Gasteiger partial charge on any atom is 0.105 e. The summed E-state index contributed by atoms with van der Waals surface area (Å²) in [4.78, 5) is 0. The van der Waals surface area contributed by atoms with Gasteiger partial charge in [0, 0.05) is 53.9 Å². The van der Waals surface area contributed by atoms with E-state index in [2.05, 4.69) is 296 Å². The van der Waals surface area contributed by atoms with Crippen molar-refractivity contribution in [3.05, 3.63) is 272 Å². The number of benzene rings is 12. The molecule has 6 heteroatoms. The van der Waals surface area contributed by atoms with Crippen molar-refractivity contribution in [2.24, 2.45) is 0 Å². The predicted octanol–water partition coefficient (Wildman–Crippen LogP) is 18.7. The van der Waals surface area contributed by atoms with Gasteiger partial charge in [-0.25, -0.2) is 0 Å². The van der Waals surface area contributed by atoms with Crippen LogP contribution in [0.2, 0.25) is 0 Å². The Morgan fingerprint density at radius 2 is 0.430 bits per heavy atom. The Labute approximate surface area is 452 Å². The molecule has 366 valence electrons. The van der Waals surface area contributed by atoms with Crippen molar-refractivity contribution in [2.75, 3.05) is 0 Å². The lowest BCUT2D eigenvalue weighted by Crippen LogP contribution is -2.18. The maximum atomic E-state index is 13.0. The first-order valence-electron chi connectivity index (χ1n) is 26.9. The average molecular weight is 1010 g/mol. The van der Waals surface area contributed by atoms with Crippen LogP contribution in [0.5, 0.6) is 0 Å². The number of aromatic nitrogens is 5. The highest BCUT2D eigenvalue weighted by Crippen LogP contribution is 2.52. The Hall–Kier alpha value is -10.9. The van der Waals surface area contributed by atoms with Gasteiger partial charge < -0.3 is 22.8 Å². The molecule has 17 rings (SSSR count). The molecule has 0 aliphatic carbocycles. The quantitative estimate of drug-likeness (QED) is 0.164. The Kier molecular flexibility index (Phi) is 9.10. The summed E-state index contributed by atoms with van der Waals surface area (Å²) in [5.41, 5.74) is 17.2. The molecule has 0 unspecified atom stereocenters. The fraction of sp³-hybridized carbons (Fsp3) is 0. The molecule has 0 fully saturated rings. The summed E-state index contributed by atoms with van der Waals surface area (Å²) < 4.78 is 12.3.